The van der Waals surface area contributed by atoms with Gasteiger partial charge in [-0.15, -0.1) is 0 Å². The minimum absolute atomic E-state index is 0.265. The van der Waals surface area contributed by atoms with Crippen molar-refractivity contribution in [1.29, 1.82) is 5.26 Å². The maximum absolute atomic E-state index is 11.9. The molecule has 6 heteroatoms. The number of pyridine rings is 1. The van der Waals surface area contributed by atoms with Crippen molar-refractivity contribution in [3.8, 4) is 6.07 Å². The predicted molar refractivity (Wildman–Crippen MR) is 69.6 cm³/mol. The highest BCUT2D eigenvalue weighted by Crippen LogP contribution is 2.17. The number of piperazine rings is 1. The number of carbonyl (C=O) groups excluding carboxylic acids is 1. The molecule has 1 aliphatic rings. The van der Waals surface area contributed by atoms with Crippen molar-refractivity contribution in [1.82, 2.24) is 10.3 Å². The maximum atomic E-state index is 11.9. The van der Waals surface area contributed by atoms with E-state index in [1.165, 1.54) is 0 Å². The van der Waals surface area contributed by atoms with E-state index in [9.17, 15) is 4.79 Å². The molecule has 0 bridgehead atoms. The van der Waals surface area contributed by atoms with Crippen LogP contribution >= 0.6 is 0 Å². The van der Waals surface area contributed by atoms with E-state index < -0.39 is 6.04 Å². The van der Waals surface area contributed by atoms with Crippen LogP contribution in [-0.4, -0.2) is 43.2 Å². The summed E-state index contributed by atoms with van der Waals surface area (Å²) in [5.41, 5.74) is 0.346. The highest BCUT2D eigenvalue weighted by atomic mass is 16.5. The molecule has 1 saturated heterocycles. The minimum atomic E-state index is -0.393. The number of rotatable bonds is 3. The van der Waals surface area contributed by atoms with Crippen LogP contribution in [-0.2, 0) is 9.53 Å². The number of nitriles is 1. The third-order valence-corrected chi connectivity index (χ3v) is 2.95. The lowest BCUT2D eigenvalue weighted by Gasteiger charge is -2.35. The van der Waals surface area contributed by atoms with Crippen LogP contribution < -0.4 is 10.2 Å². The van der Waals surface area contributed by atoms with E-state index in [1.807, 2.05) is 11.0 Å². The van der Waals surface area contributed by atoms with E-state index in [0.717, 1.165) is 6.54 Å². The molecule has 1 N–H and O–H groups in total. The summed E-state index contributed by atoms with van der Waals surface area (Å²) in [7, 11) is 0. The van der Waals surface area contributed by atoms with Gasteiger partial charge in [-0.2, -0.15) is 5.26 Å². The van der Waals surface area contributed by atoms with E-state index in [1.54, 1.807) is 25.1 Å². The third kappa shape index (κ3) is 3.01. The lowest BCUT2D eigenvalue weighted by Crippen LogP contribution is -2.56. The zero-order valence-electron chi connectivity index (χ0n) is 10.8. The molecule has 0 aromatic carbocycles. The molecule has 6 nitrogen and oxygen atoms in total. The Morgan fingerprint density at radius 1 is 1.68 bits per heavy atom. The first-order valence-corrected chi connectivity index (χ1v) is 6.27. The number of anilines is 1. The van der Waals surface area contributed by atoms with Gasteiger partial charge in [-0.25, -0.2) is 9.78 Å². The van der Waals surface area contributed by atoms with E-state index in [4.69, 9.17) is 10.00 Å². The van der Waals surface area contributed by atoms with E-state index in [-0.39, 0.29) is 5.97 Å². The summed E-state index contributed by atoms with van der Waals surface area (Å²) in [6.45, 7) is 4.10. The Hall–Kier alpha value is -2.13. The summed E-state index contributed by atoms with van der Waals surface area (Å²) >= 11 is 0. The van der Waals surface area contributed by atoms with E-state index in [0.29, 0.717) is 31.2 Å². The molecule has 0 amide bonds. The number of hydrogen-bond acceptors (Lipinski definition) is 6. The molecule has 100 valence electrons. The molecule has 1 unspecified atom stereocenters. The monoisotopic (exact) mass is 260 g/mol. The largest absolute Gasteiger partial charge is 0.464 e. The van der Waals surface area contributed by atoms with Crippen LogP contribution in [0.15, 0.2) is 18.2 Å². The Balaban J connectivity index is 2.23. The molecule has 1 aromatic heterocycles. The van der Waals surface area contributed by atoms with Crippen molar-refractivity contribution in [2.24, 2.45) is 0 Å². The van der Waals surface area contributed by atoms with Gasteiger partial charge in [0, 0.05) is 19.6 Å². The molecule has 2 heterocycles. The number of aromatic nitrogens is 1. The van der Waals surface area contributed by atoms with Gasteiger partial charge in [0.05, 0.1) is 6.61 Å². The van der Waals surface area contributed by atoms with Crippen molar-refractivity contribution in [2.75, 3.05) is 31.1 Å². The fraction of sp³-hybridized carbons (Fsp3) is 0.462. The van der Waals surface area contributed by atoms with Crippen molar-refractivity contribution in [3.05, 3.63) is 23.9 Å². The summed E-state index contributed by atoms with van der Waals surface area (Å²) in [4.78, 5) is 18.1. The number of carbonyl (C=O) groups is 1. The zero-order valence-corrected chi connectivity index (χ0v) is 10.8. The van der Waals surface area contributed by atoms with Crippen LogP contribution in [0.4, 0.5) is 5.82 Å². The van der Waals surface area contributed by atoms with Gasteiger partial charge in [0.1, 0.15) is 23.6 Å². The number of nitrogens with one attached hydrogen (secondary N) is 1. The normalized spacial score (nSPS) is 18.7. The first-order chi connectivity index (χ1) is 9.26. The van der Waals surface area contributed by atoms with Crippen LogP contribution in [0, 0.1) is 11.3 Å². The SMILES string of the molecule is CCOC(=O)C1CNCCN1c1cccc(C#N)n1. The van der Waals surface area contributed by atoms with Gasteiger partial charge in [0.2, 0.25) is 0 Å². The van der Waals surface area contributed by atoms with Crippen LogP contribution in [0.3, 0.4) is 0 Å². The zero-order chi connectivity index (χ0) is 13.7. The Labute approximate surface area is 112 Å². The van der Waals surface area contributed by atoms with Crippen LogP contribution in [0.2, 0.25) is 0 Å². The lowest BCUT2D eigenvalue weighted by molar-refractivity contribution is -0.144. The topological polar surface area (TPSA) is 78.2 Å². The summed E-state index contributed by atoms with van der Waals surface area (Å²) in [5, 5.41) is 12.1. The standard InChI is InChI=1S/C13H16N4O2/c1-2-19-13(18)11-9-15-6-7-17(11)12-5-3-4-10(8-14)16-12/h3-5,11,15H,2,6-7,9H2,1H3. The highest BCUT2D eigenvalue weighted by Gasteiger charge is 2.30. The van der Waals surface area contributed by atoms with E-state index >= 15 is 0 Å². The molecule has 1 fully saturated rings. The molecular formula is C13H16N4O2. The number of hydrogen-bond donors (Lipinski definition) is 1. The Kier molecular flexibility index (Phi) is 4.31. The van der Waals surface area contributed by atoms with Gasteiger partial charge in [-0.1, -0.05) is 6.07 Å². The van der Waals surface area contributed by atoms with Crippen molar-refractivity contribution < 1.29 is 9.53 Å². The molecule has 2 rings (SSSR count). The lowest BCUT2D eigenvalue weighted by atomic mass is 10.2. The summed E-state index contributed by atoms with van der Waals surface area (Å²) < 4.78 is 5.08. The fourth-order valence-electron chi connectivity index (χ4n) is 2.07. The Morgan fingerprint density at radius 3 is 3.26 bits per heavy atom. The molecule has 0 aliphatic carbocycles. The van der Waals surface area contributed by atoms with Crippen LogP contribution in [0.5, 0.6) is 0 Å². The summed E-state index contributed by atoms with van der Waals surface area (Å²) in [5.74, 6) is 0.373. The molecule has 0 radical (unpaired) electrons. The average Bonchev–Trinajstić information content (AvgIpc) is 2.47. The predicted octanol–water partition coefficient (Wildman–Crippen LogP) is 0.295. The minimum Gasteiger partial charge on any atom is -0.464 e. The van der Waals surface area contributed by atoms with Gasteiger partial charge in [-0.3, -0.25) is 0 Å². The fourth-order valence-corrected chi connectivity index (χ4v) is 2.07. The first-order valence-electron chi connectivity index (χ1n) is 6.27. The molecule has 0 saturated carbocycles. The maximum Gasteiger partial charge on any atom is 0.330 e. The molecule has 1 aliphatic heterocycles. The summed E-state index contributed by atoms with van der Waals surface area (Å²) in [6, 6.07) is 6.83. The Bertz CT molecular complexity index is 498. The molecule has 19 heavy (non-hydrogen) atoms. The second-order valence-electron chi connectivity index (χ2n) is 4.16. The average molecular weight is 260 g/mol. The number of esters is 1. The van der Waals surface area contributed by atoms with Crippen LogP contribution in [0.1, 0.15) is 12.6 Å². The van der Waals surface area contributed by atoms with Crippen molar-refractivity contribution in [2.45, 2.75) is 13.0 Å². The van der Waals surface area contributed by atoms with Crippen molar-refractivity contribution >= 4 is 11.8 Å². The third-order valence-electron chi connectivity index (χ3n) is 2.95. The molecule has 1 aromatic rings. The second-order valence-corrected chi connectivity index (χ2v) is 4.16. The van der Waals surface area contributed by atoms with Gasteiger partial charge in [-0.05, 0) is 19.1 Å². The smallest absolute Gasteiger partial charge is 0.330 e. The van der Waals surface area contributed by atoms with Crippen molar-refractivity contribution in [3.63, 3.8) is 0 Å². The van der Waals surface area contributed by atoms with Gasteiger partial charge in [0.15, 0.2) is 0 Å². The Morgan fingerprint density at radius 2 is 2.53 bits per heavy atom. The van der Waals surface area contributed by atoms with Gasteiger partial charge in [0.25, 0.3) is 0 Å². The summed E-state index contributed by atoms with van der Waals surface area (Å²) in [6.07, 6.45) is 0. The molecule has 1 atom stereocenters. The van der Waals surface area contributed by atoms with E-state index in [2.05, 4.69) is 10.3 Å². The highest BCUT2D eigenvalue weighted by molar-refractivity contribution is 5.80. The van der Waals surface area contributed by atoms with Crippen LogP contribution in [0.25, 0.3) is 0 Å². The number of ether oxygens (including phenoxy) is 1. The van der Waals surface area contributed by atoms with Gasteiger partial charge < -0.3 is 15.0 Å². The first kappa shape index (κ1) is 13.3. The quantitative estimate of drug-likeness (QED) is 0.787. The molecule has 0 spiro atoms. The molecular weight excluding hydrogens is 244 g/mol. The number of nitrogens with zero attached hydrogens (tertiary/aromatic N) is 3. The second kappa shape index (κ2) is 6.16. The van der Waals surface area contributed by atoms with Gasteiger partial charge >= 0.3 is 5.97 Å².